The first kappa shape index (κ1) is 11.8. The molecule has 1 aromatic carbocycles. The first-order valence-corrected chi connectivity index (χ1v) is 7.18. The predicted molar refractivity (Wildman–Crippen MR) is 71.5 cm³/mol. The third kappa shape index (κ3) is 2.90. The van der Waals surface area contributed by atoms with E-state index in [2.05, 4.69) is 34.2 Å². The number of rotatable bonds is 1. The lowest BCUT2D eigenvalue weighted by molar-refractivity contribution is 0.529. The topological polar surface area (TPSA) is 12.0 Å². The molecule has 1 nitrogen and oxygen atoms in total. The average Bonchev–Trinajstić information content (AvgIpc) is 2.20. The molecule has 2 unspecified atom stereocenters. The fourth-order valence-corrected chi connectivity index (χ4v) is 3.90. The van der Waals surface area contributed by atoms with Gasteiger partial charge in [0.25, 0.3) is 0 Å². The Morgan fingerprint density at radius 3 is 2.93 bits per heavy atom. The molecule has 82 valence electrons. The van der Waals surface area contributed by atoms with Crippen LogP contribution in [0.5, 0.6) is 0 Å². The van der Waals surface area contributed by atoms with Crippen LogP contribution in [0, 0.1) is 5.92 Å². The van der Waals surface area contributed by atoms with Gasteiger partial charge in [-0.3, -0.25) is 0 Å². The van der Waals surface area contributed by atoms with E-state index in [0.29, 0.717) is 5.37 Å². The summed E-state index contributed by atoms with van der Waals surface area (Å²) in [6.07, 6.45) is 0. The Balaban J connectivity index is 2.15. The minimum atomic E-state index is 0.396. The van der Waals surface area contributed by atoms with E-state index in [9.17, 15) is 0 Å². The van der Waals surface area contributed by atoms with Crippen molar-refractivity contribution in [3.8, 4) is 0 Å². The number of halogens is 2. The second-order valence-electron chi connectivity index (χ2n) is 3.89. The number of hydrogen-bond donors (Lipinski definition) is 1. The van der Waals surface area contributed by atoms with E-state index in [1.54, 1.807) is 0 Å². The monoisotopic (exact) mass is 305 g/mol. The SMILES string of the molecule is CC1CNC(c2ccc(Cl)cc2Br)SC1. The summed E-state index contributed by atoms with van der Waals surface area (Å²) in [6, 6.07) is 5.99. The molecule has 1 fully saturated rings. The van der Waals surface area contributed by atoms with Gasteiger partial charge in [0.1, 0.15) is 0 Å². The molecule has 15 heavy (non-hydrogen) atoms. The zero-order valence-electron chi connectivity index (χ0n) is 8.47. The van der Waals surface area contributed by atoms with Crippen molar-refractivity contribution in [2.45, 2.75) is 12.3 Å². The minimum absolute atomic E-state index is 0.396. The van der Waals surface area contributed by atoms with Gasteiger partial charge in [-0.25, -0.2) is 0 Å². The Bertz CT molecular complexity index is 350. The van der Waals surface area contributed by atoms with Crippen molar-refractivity contribution >= 4 is 39.3 Å². The minimum Gasteiger partial charge on any atom is -0.301 e. The molecule has 2 rings (SSSR count). The molecule has 1 N–H and O–H groups in total. The molecule has 4 heteroatoms. The Morgan fingerprint density at radius 2 is 2.33 bits per heavy atom. The highest BCUT2D eigenvalue weighted by atomic mass is 79.9. The van der Waals surface area contributed by atoms with Crippen LogP contribution in [0.1, 0.15) is 17.9 Å². The van der Waals surface area contributed by atoms with Gasteiger partial charge in [-0.2, -0.15) is 0 Å². The van der Waals surface area contributed by atoms with Gasteiger partial charge in [0.15, 0.2) is 0 Å². The van der Waals surface area contributed by atoms with Gasteiger partial charge < -0.3 is 5.32 Å². The van der Waals surface area contributed by atoms with Gasteiger partial charge in [0.05, 0.1) is 5.37 Å². The molecule has 0 bridgehead atoms. The van der Waals surface area contributed by atoms with E-state index in [1.165, 1.54) is 11.3 Å². The van der Waals surface area contributed by atoms with Gasteiger partial charge in [-0.05, 0) is 35.9 Å². The summed E-state index contributed by atoms with van der Waals surface area (Å²) in [6.45, 7) is 3.36. The molecule has 0 radical (unpaired) electrons. The van der Waals surface area contributed by atoms with Crippen LogP contribution in [0.3, 0.4) is 0 Å². The van der Waals surface area contributed by atoms with Crippen LogP contribution in [0.2, 0.25) is 5.02 Å². The van der Waals surface area contributed by atoms with Crippen LogP contribution in [0.4, 0.5) is 0 Å². The van der Waals surface area contributed by atoms with Crippen molar-refractivity contribution in [2.75, 3.05) is 12.3 Å². The lowest BCUT2D eigenvalue weighted by atomic mass is 10.2. The number of nitrogens with one attached hydrogen (secondary N) is 1. The van der Waals surface area contributed by atoms with E-state index >= 15 is 0 Å². The quantitative estimate of drug-likeness (QED) is 0.839. The standard InChI is InChI=1S/C11H13BrClNS/c1-7-5-14-11(15-6-7)9-3-2-8(13)4-10(9)12/h2-4,7,11,14H,5-6H2,1H3. The van der Waals surface area contributed by atoms with Gasteiger partial charge in [-0.1, -0.05) is 40.5 Å². The van der Waals surface area contributed by atoms with Crippen LogP contribution in [-0.4, -0.2) is 12.3 Å². The molecule has 0 spiro atoms. The highest BCUT2D eigenvalue weighted by Crippen LogP contribution is 2.36. The van der Waals surface area contributed by atoms with Gasteiger partial charge in [-0.15, -0.1) is 11.8 Å². The molecule has 0 aliphatic carbocycles. The van der Waals surface area contributed by atoms with E-state index in [1.807, 2.05) is 23.9 Å². The molecule has 1 aliphatic rings. The Morgan fingerprint density at radius 1 is 1.53 bits per heavy atom. The van der Waals surface area contributed by atoms with Crippen LogP contribution < -0.4 is 5.32 Å². The number of benzene rings is 1. The second-order valence-corrected chi connectivity index (χ2v) is 6.32. The molecular formula is C11H13BrClNS. The van der Waals surface area contributed by atoms with E-state index in [0.717, 1.165) is 22.0 Å². The Hall–Kier alpha value is 0.300. The average molecular weight is 307 g/mol. The van der Waals surface area contributed by atoms with Crippen LogP contribution in [0.15, 0.2) is 22.7 Å². The summed E-state index contributed by atoms with van der Waals surface area (Å²) in [5.41, 5.74) is 1.29. The zero-order valence-corrected chi connectivity index (χ0v) is 11.6. The summed E-state index contributed by atoms with van der Waals surface area (Å²) in [5, 5.41) is 4.71. The molecule has 2 atom stereocenters. The summed E-state index contributed by atoms with van der Waals surface area (Å²) in [4.78, 5) is 0. The number of hydrogen-bond acceptors (Lipinski definition) is 2. The normalized spacial score (nSPS) is 26.6. The van der Waals surface area contributed by atoms with Gasteiger partial charge >= 0.3 is 0 Å². The lowest BCUT2D eigenvalue weighted by Gasteiger charge is -2.28. The van der Waals surface area contributed by atoms with E-state index in [4.69, 9.17) is 11.6 Å². The molecule has 1 aromatic rings. The maximum absolute atomic E-state index is 5.92. The smallest absolute Gasteiger partial charge is 0.0800 e. The third-order valence-electron chi connectivity index (χ3n) is 2.44. The second kappa shape index (κ2) is 5.09. The largest absolute Gasteiger partial charge is 0.301 e. The molecular weight excluding hydrogens is 294 g/mol. The van der Waals surface area contributed by atoms with Crippen molar-refractivity contribution in [1.29, 1.82) is 0 Å². The molecule has 0 saturated carbocycles. The Labute approximate surface area is 108 Å². The van der Waals surface area contributed by atoms with Crippen molar-refractivity contribution in [2.24, 2.45) is 5.92 Å². The first-order valence-electron chi connectivity index (χ1n) is 4.97. The summed E-state index contributed by atoms with van der Waals surface area (Å²) in [7, 11) is 0. The predicted octanol–water partition coefficient (Wildman–Crippen LogP) is 4.07. The fourth-order valence-electron chi connectivity index (χ4n) is 1.60. The van der Waals surface area contributed by atoms with Crippen molar-refractivity contribution in [3.05, 3.63) is 33.3 Å². The highest BCUT2D eigenvalue weighted by molar-refractivity contribution is 9.10. The molecule has 1 saturated heterocycles. The summed E-state index contributed by atoms with van der Waals surface area (Å²) < 4.78 is 1.09. The molecule has 0 aromatic heterocycles. The highest BCUT2D eigenvalue weighted by Gasteiger charge is 2.21. The van der Waals surface area contributed by atoms with Crippen LogP contribution in [-0.2, 0) is 0 Å². The van der Waals surface area contributed by atoms with Crippen molar-refractivity contribution in [1.82, 2.24) is 5.32 Å². The summed E-state index contributed by atoms with van der Waals surface area (Å²) in [5.74, 6) is 1.98. The Kier molecular flexibility index (Phi) is 3.99. The van der Waals surface area contributed by atoms with Crippen LogP contribution >= 0.6 is 39.3 Å². The third-order valence-corrected chi connectivity index (χ3v) is 4.88. The maximum atomic E-state index is 5.92. The fraction of sp³-hybridized carbons (Fsp3) is 0.455. The number of thioether (sulfide) groups is 1. The van der Waals surface area contributed by atoms with E-state index < -0.39 is 0 Å². The van der Waals surface area contributed by atoms with Crippen LogP contribution in [0.25, 0.3) is 0 Å². The van der Waals surface area contributed by atoms with Gasteiger partial charge in [0.2, 0.25) is 0 Å². The first-order chi connectivity index (χ1) is 7.16. The van der Waals surface area contributed by atoms with E-state index in [-0.39, 0.29) is 0 Å². The lowest BCUT2D eigenvalue weighted by Crippen LogP contribution is -2.31. The zero-order chi connectivity index (χ0) is 10.8. The maximum Gasteiger partial charge on any atom is 0.0800 e. The van der Waals surface area contributed by atoms with Crippen molar-refractivity contribution < 1.29 is 0 Å². The molecule has 0 amide bonds. The molecule has 1 heterocycles. The van der Waals surface area contributed by atoms with Gasteiger partial charge in [0, 0.05) is 9.50 Å². The summed E-state index contributed by atoms with van der Waals surface area (Å²) >= 11 is 11.4. The molecule has 1 aliphatic heterocycles. The van der Waals surface area contributed by atoms with Crippen molar-refractivity contribution in [3.63, 3.8) is 0 Å².